The predicted molar refractivity (Wildman–Crippen MR) is 71.7 cm³/mol. The standard InChI is InChI=1S/C13H15ClN2O4/c1-2-16(11-7-20-6-9(11)13(18)19)12(17)8-5-15-4-3-10(8)14/h3-5,9,11H,2,6-7H2,1H3,(H,18,19). The molecule has 1 aliphatic heterocycles. The van der Waals surface area contributed by atoms with Gasteiger partial charge in [-0.15, -0.1) is 0 Å². The molecule has 0 radical (unpaired) electrons. The van der Waals surface area contributed by atoms with E-state index >= 15 is 0 Å². The zero-order valence-corrected chi connectivity index (χ0v) is 11.7. The topological polar surface area (TPSA) is 79.7 Å². The summed E-state index contributed by atoms with van der Waals surface area (Å²) in [5.41, 5.74) is 0.270. The molecule has 20 heavy (non-hydrogen) atoms. The third-order valence-electron chi connectivity index (χ3n) is 3.37. The maximum Gasteiger partial charge on any atom is 0.311 e. The molecule has 0 aromatic carbocycles. The predicted octanol–water partition coefficient (Wildman–Crippen LogP) is 1.30. The number of rotatable bonds is 4. The summed E-state index contributed by atoms with van der Waals surface area (Å²) in [6.45, 7) is 2.50. The fourth-order valence-electron chi connectivity index (χ4n) is 2.30. The van der Waals surface area contributed by atoms with E-state index in [9.17, 15) is 14.7 Å². The zero-order chi connectivity index (χ0) is 14.7. The summed E-state index contributed by atoms with van der Waals surface area (Å²) in [7, 11) is 0. The minimum Gasteiger partial charge on any atom is -0.481 e. The highest BCUT2D eigenvalue weighted by molar-refractivity contribution is 6.33. The molecule has 2 unspecified atom stereocenters. The number of aliphatic carboxylic acids is 1. The normalized spacial score (nSPS) is 21.7. The lowest BCUT2D eigenvalue weighted by molar-refractivity contribution is -0.142. The van der Waals surface area contributed by atoms with Crippen LogP contribution in [0.1, 0.15) is 17.3 Å². The SMILES string of the molecule is CCN(C(=O)c1cnccc1Cl)C1COCC1C(=O)O. The van der Waals surface area contributed by atoms with Crippen molar-refractivity contribution in [3.63, 3.8) is 0 Å². The van der Waals surface area contributed by atoms with Gasteiger partial charge in [0, 0.05) is 18.9 Å². The third kappa shape index (κ3) is 2.76. The Labute approximate surface area is 121 Å². The number of nitrogens with zero attached hydrogens (tertiary/aromatic N) is 2. The van der Waals surface area contributed by atoms with Gasteiger partial charge in [0.25, 0.3) is 5.91 Å². The van der Waals surface area contributed by atoms with Crippen LogP contribution in [0.4, 0.5) is 0 Å². The first-order chi connectivity index (χ1) is 9.56. The lowest BCUT2D eigenvalue weighted by Crippen LogP contribution is -2.46. The fraction of sp³-hybridized carbons (Fsp3) is 0.462. The smallest absolute Gasteiger partial charge is 0.311 e. The molecule has 1 amide bonds. The highest BCUT2D eigenvalue weighted by atomic mass is 35.5. The Morgan fingerprint density at radius 3 is 2.90 bits per heavy atom. The van der Waals surface area contributed by atoms with Gasteiger partial charge in [-0.3, -0.25) is 14.6 Å². The summed E-state index contributed by atoms with van der Waals surface area (Å²) >= 11 is 5.99. The van der Waals surface area contributed by atoms with Gasteiger partial charge in [0.1, 0.15) is 5.92 Å². The first-order valence-electron chi connectivity index (χ1n) is 6.27. The van der Waals surface area contributed by atoms with Crippen molar-refractivity contribution in [2.24, 2.45) is 5.92 Å². The maximum absolute atomic E-state index is 12.5. The van der Waals surface area contributed by atoms with E-state index in [1.165, 1.54) is 23.4 Å². The summed E-state index contributed by atoms with van der Waals surface area (Å²) in [4.78, 5) is 29.1. The molecular weight excluding hydrogens is 284 g/mol. The lowest BCUT2D eigenvalue weighted by atomic mass is 10.0. The number of carboxylic acids is 1. The van der Waals surface area contributed by atoms with Gasteiger partial charge in [-0.1, -0.05) is 11.6 Å². The van der Waals surface area contributed by atoms with Crippen LogP contribution in [0.15, 0.2) is 18.5 Å². The van der Waals surface area contributed by atoms with Crippen LogP contribution in [0, 0.1) is 5.92 Å². The molecule has 1 aromatic rings. The maximum atomic E-state index is 12.5. The van der Waals surface area contributed by atoms with Crippen LogP contribution >= 0.6 is 11.6 Å². The molecule has 7 heteroatoms. The second-order valence-electron chi connectivity index (χ2n) is 4.50. The molecule has 0 aliphatic carbocycles. The highest BCUT2D eigenvalue weighted by Gasteiger charge is 2.40. The Hall–Kier alpha value is -1.66. The minimum atomic E-state index is -0.962. The van der Waals surface area contributed by atoms with Gasteiger partial charge < -0.3 is 14.7 Å². The van der Waals surface area contributed by atoms with Crippen molar-refractivity contribution in [3.8, 4) is 0 Å². The van der Waals surface area contributed by atoms with Crippen molar-refractivity contribution >= 4 is 23.5 Å². The number of hydrogen-bond donors (Lipinski definition) is 1. The zero-order valence-electron chi connectivity index (χ0n) is 11.0. The van der Waals surface area contributed by atoms with Crippen LogP contribution in [0.3, 0.4) is 0 Å². The Morgan fingerprint density at radius 2 is 2.30 bits per heavy atom. The summed E-state index contributed by atoms with van der Waals surface area (Å²) in [5, 5.41) is 9.48. The number of pyridine rings is 1. The number of ether oxygens (including phenoxy) is 1. The summed E-state index contributed by atoms with van der Waals surface area (Å²) in [6, 6.07) is 1.05. The molecule has 0 saturated carbocycles. The molecule has 1 saturated heterocycles. The van der Waals surface area contributed by atoms with Crippen LogP contribution in [0.25, 0.3) is 0 Å². The number of hydrogen-bond acceptors (Lipinski definition) is 4. The van der Waals surface area contributed by atoms with E-state index in [0.717, 1.165) is 0 Å². The second kappa shape index (κ2) is 6.19. The Balaban J connectivity index is 2.26. The molecule has 108 valence electrons. The number of carbonyl (C=O) groups is 2. The number of halogens is 1. The molecule has 2 atom stereocenters. The summed E-state index contributed by atoms with van der Waals surface area (Å²) in [5.74, 6) is -2.00. The third-order valence-corrected chi connectivity index (χ3v) is 3.70. The van der Waals surface area contributed by atoms with E-state index in [0.29, 0.717) is 11.6 Å². The molecule has 2 heterocycles. The molecule has 1 aliphatic rings. The van der Waals surface area contributed by atoms with E-state index < -0.39 is 17.9 Å². The van der Waals surface area contributed by atoms with Crippen LogP contribution in [-0.4, -0.2) is 52.7 Å². The molecule has 1 fully saturated rings. The van der Waals surface area contributed by atoms with Crippen molar-refractivity contribution in [3.05, 3.63) is 29.0 Å². The van der Waals surface area contributed by atoms with E-state index in [1.54, 1.807) is 6.92 Å². The number of carboxylic acid groups (broad SMARTS) is 1. The number of likely N-dealkylation sites (N-methyl/N-ethyl adjacent to an activating group) is 1. The molecular formula is C13H15ClN2O4. The van der Waals surface area contributed by atoms with Gasteiger partial charge in [0.15, 0.2) is 0 Å². The summed E-state index contributed by atoms with van der Waals surface area (Å²) in [6.07, 6.45) is 2.88. The molecule has 1 N–H and O–H groups in total. The van der Waals surface area contributed by atoms with Crippen molar-refractivity contribution < 1.29 is 19.4 Å². The van der Waals surface area contributed by atoms with E-state index in [-0.39, 0.29) is 24.7 Å². The fourth-order valence-corrected chi connectivity index (χ4v) is 2.49. The van der Waals surface area contributed by atoms with Gasteiger partial charge in [0.2, 0.25) is 0 Å². The Bertz CT molecular complexity index is 523. The Kier molecular flexibility index (Phi) is 4.57. The Morgan fingerprint density at radius 1 is 1.55 bits per heavy atom. The van der Waals surface area contributed by atoms with Gasteiger partial charge in [-0.05, 0) is 13.0 Å². The average molecular weight is 299 g/mol. The molecule has 1 aromatic heterocycles. The van der Waals surface area contributed by atoms with E-state index in [2.05, 4.69) is 4.98 Å². The summed E-state index contributed by atoms with van der Waals surface area (Å²) < 4.78 is 5.21. The highest BCUT2D eigenvalue weighted by Crippen LogP contribution is 2.24. The van der Waals surface area contributed by atoms with Gasteiger partial charge in [-0.25, -0.2) is 0 Å². The number of amides is 1. The number of carbonyl (C=O) groups excluding carboxylic acids is 1. The van der Waals surface area contributed by atoms with Crippen LogP contribution in [0.2, 0.25) is 5.02 Å². The quantitative estimate of drug-likeness (QED) is 0.906. The van der Waals surface area contributed by atoms with Crippen molar-refractivity contribution in [2.45, 2.75) is 13.0 Å². The lowest BCUT2D eigenvalue weighted by Gasteiger charge is -2.29. The van der Waals surface area contributed by atoms with Crippen molar-refractivity contribution in [1.29, 1.82) is 0 Å². The first-order valence-corrected chi connectivity index (χ1v) is 6.65. The molecule has 0 spiro atoms. The number of aromatic nitrogens is 1. The first kappa shape index (κ1) is 14.7. The van der Waals surface area contributed by atoms with Gasteiger partial charge >= 0.3 is 5.97 Å². The largest absolute Gasteiger partial charge is 0.481 e. The molecule has 2 rings (SSSR count). The van der Waals surface area contributed by atoms with Crippen molar-refractivity contribution in [2.75, 3.05) is 19.8 Å². The van der Waals surface area contributed by atoms with Crippen LogP contribution in [0.5, 0.6) is 0 Å². The average Bonchev–Trinajstić information content (AvgIpc) is 2.89. The molecule has 6 nitrogen and oxygen atoms in total. The van der Waals surface area contributed by atoms with Gasteiger partial charge in [0.05, 0.1) is 29.8 Å². The van der Waals surface area contributed by atoms with Crippen LogP contribution < -0.4 is 0 Å². The van der Waals surface area contributed by atoms with E-state index in [1.807, 2.05) is 0 Å². The van der Waals surface area contributed by atoms with Gasteiger partial charge in [-0.2, -0.15) is 0 Å². The van der Waals surface area contributed by atoms with E-state index in [4.69, 9.17) is 16.3 Å². The minimum absolute atomic E-state index is 0.116. The monoisotopic (exact) mass is 298 g/mol. The van der Waals surface area contributed by atoms with Crippen LogP contribution in [-0.2, 0) is 9.53 Å². The molecule has 0 bridgehead atoms. The van der Waals surface area contributed by atoms with Crippen molar-refractivity contribution in [1.82, 2.24) is 9.88 Å². The second-order valence-corrected chi connectivity index (χ2v) is 4.90.